The zero-order chi connectivity index (χ0) is 20.9. The maximum absolute atomic E-state index is 5.24. The Morgan fingerprint density at radius 1 is 1.10 bits per heavy atom. The predicted octanol–water partition coefficient (Wildman–Crippen LogP) is 3.30. The summed E-state index contributed by atoms with van der Waals surface area (Å²) in [6.45, 7) is 5.92. The van der Waals surface area contributed by atoms with Gasteiger partial charge < -0.3 is 19.9 Å². The van der Waals surface area contributed by atoms with Gasteiger partial charge in [0, 0.05) is 44.1 Å². The summed E-state index contributed by atoms with van der Waals surface area (Å²) < 4.78 is 5.24. The van der Waals surface area contributed by atoms with Gasteiger partial charge in [0.15, 0.2) is 5.16 Å². The largest absolute Gasteiger partial charge is 0.497 e. The van der Waals surface area contributed by atoms with Gasteiger partial charge in [-0.2, -0.15) is 5.10 Å². The Labute approximate surface area is 181 Å². The van der Waals surface area contributed by atoms with Crippen LogP contribution in [0, 0.1) is 6.92 Å². The highest BCUT2D eigenvalue weighted by Gasteiger charge is 2.17. The number of methoxy groups -OCH3 is 1. The van der Waals surface area contributed by atoms with E-state index in [-0.39, 0.29) is 0 Å². The summed E-state index contributed by atoms with van der Waals surface area (Å²) in [5, 5.41) is 11.3. The van der Waals surface area contributed by atoms with Crippen molar-refractivity contribution in [3.8, 4) is 5.75 Å². The quantitative estimate of drug-likeness (QED) is 0.441. The fourth-order valence-corrected chi connectivity index (χ4v) is 4.04. The van der Waals surface area contributed by atoms with Crippen molar-refractivity contribution < 1.29 is 4.74 Å². The van der Waals surface area contributed by atoms with E-state index in [2.05, 4.69) is 44.5 Å². The highest BCUT2D eigenvalue weighted by atomic mass is 32.2. The van der Waals surface area contributed by atoms with Gasteiger partial charge in [0.25, 0.3) is 0 Å². The maximum atomic E-state index is 5.24. The first kappa shape index (κ1) is 20.5. The molecule has 30 heavy (non-hydrogen) atoms. The Hall–Kier alpha value is -2.78. The number of nitrogens with one attached hydrogen (secondary N) is 2. The number of thioether (sulfide) groups is 1. The predicted molar refractivity (Wildman–Crippen MR) is 121 cm³/mol. The Balaban J connectivity index is 1.54. The molecule has 0 saturated carbocycles. The Morgan fingerprint density at radius 2 is 1.87 bits per heavy atom. The lowest BCUT2D eigenvalue weighted by Gasteiger charge is -2.33. The molecule has 3 aromatic rings. The van der Waals surface area contributed by atoms with Gasteiger partial charge in [0.05, 0.1) is 12.8 Å². The smallest absolute Gasteiger partial charge is 0.191 e. The molecular weight excluding hydrogens is 398 g/mol. The van der Waals surface area contributed by atoms with Crippen molar-refractivity contribution in [1.29, 1.82) is 0 Å². The number of hydrogen-bond acceptors (Lipinski definition) is 8. The first-order valence-electron chi connectivity index (χ1n) is 9.96. The molecule has 9 heteroatoms. The molecule has 0 spiro atoms. The number of aryl methyl sites for hydroxylation is 1. The Kier molecular flexibility index (Phi) is 6.39. The van der Waals surface area contributed by atoms with E-state index in [1.807, 2.05) is 31.2 Å². The van der Waals surface area contributed by atoms with E-state index < -0.39 is 0 Å². The number of ether oxygens (including phenoxy) is 1. The molecule has 158 valence electrons. The minimum Gasteiger partial charge on any atom is -0.497 e. The van der Waals surface area contributed by atoms with Gasteiger partial charge in [-0.05, 0) is 31.7 Å². The Bertz CT molecular complexity index is 968. The van der Waals surface area contributed by atoms with Crippen molar-refractivity contribution in [2.24, 2.45) is 0 Å². The summed E-state index contributed by atoms with van der Waals surface area (Å²) in [6, 6.07) is 12.1. The number of anilines is 3. The molecule has 1 aliphatic heterocycles. The van der Waals surface area contributed by atoms with Gasteiger partial charge in [-0.3, -0.25) is 5.10 Å². The average molecular weight is 426 g/mol. The number of piperazine rings is 1. The van der Waals surface area contributed by atoms with Crippen LogP contribution in [0.5, 0.6) is 5.75 Å². The summed E-state index contributed by atoms with van der Waals surface area (Å²) >= 11 is 1.63. The monoisotopic (exact) mass is 425 g/mol. The fourth-order valence-electron chi connectivity index (χ4n) is 3.23. The van der Waals surface area contributed by atoms with E-state index in [0.717, 1.165) is 66.0 Å². The minimum atomic E-state index is 0.751. The average Bonchev–Trinajstić information content (AvgIpc) is 3.17. The van der Waals surface area contributed by atoms with Gasteiger partial charge in [0.1, 0.15) is 23.2 Å². The van der Waals surface area contributed by atoms with E-state index in [4.69, 9.17) is 14.7 Å². The second-order valence-corrected chi connectivity index (χ2v) is 8.31. The van der Waals surface area contributed by atoms with Gasteiger partial charge in [-0.25, -0.2) is 9.97 Å². The van der Waals surface area contributed by atoms with Crippen molar-refractivity contribution in [2.45, 2.75) is 17.8 Å². The molecule has 1 aliphatic rings. The van der Waals surface area contributed by atoms with Crippen molar-refractivity contribution in [3.05, 3.63) is 47.7 Å². The van der Waals surface area contributed by atoms with Gasteiger partial charge in [0.2, 0.25) is 0 Å². The molecule has 0 unspecified atom stereocenters. The standard InChI is InChI=1S/C21H27N7OS/c1-15-12-19(26-25-15)22-18-13-20(28-10-8-27(2)9-11-28)24-21(23-18)30-14-16-4-6-17(29-3)7-5-16/h4-7,12-13H,8-11,14H2,1-3H3,(H2,22,23,24,25,26). The Morgan fingerprint density at radius 3 is 2.53 bits per heavy atom. The van der Waals surface area contributed by atoms with E-state index in [0.29, 0.717) is 0 Å². The van der Waals surface area contributed by atoms with Gasteiger partial charge in [-0.15, -0.1) is 0 Å². The topological polar surface area (TPSA) is 82.2 Å². The summed E-state index contributed by atoms with van der Waals surface area (Å²) in [4.78, 5) is 14.2. The van der Waals surface area contributed by atoms with E-state index in [9.17, 15) is 0 Å². The third kappa shape index (κ3) is 5.22. The van der Waals surface area contributed by atoms with E-state index in [1.165, 1.54) is 5.56 Å². The molecule has 0 bridgehead atoms. The van der Waals surface area contributed by atoms with Crippen LogP contribution in [0.2, 0.25) is 0 Å². The van der Waals surface area contributed by atoms with E-state index >= 15 is 0 Å². The lowest BCUT2D eigenvalue weighted by atomic mass is 10.2. The number of aromatic nitrogens is 4. The number of nitrogens with zero attached hydrogens (tertiary/aromatic N) is 5. The second-order valence-electron chi connectivity index (χ2n) is 7.37. The third-order valence-corrected chi connectivity index (χ3v) is 5.93. The van der Waals surface area contributed by atoms with E-state index in [1.54, 1.807) is 18.9 Å². The van der Waals surface area contributed by atoms with Crippen molar-refractivity contribution in [3.63, 3.8) is 0 Å². The molecular formula is C21H27N7OS. The van der Waals surface area contributed by atoms with Crippen molar-refractivity contribution >= 4 is 29.2 Å². The van der Waals surface area contributed by atoms with Gasteiger partial charge >= 0.3 is 0 Å². The van der Waals surface area contributed by atoms with Crippen LogP contribution in [0.3, 0.4) is 0 Å². The summed E-state index contributed by atoms with van der Waals surface area (Å²) in [6.07, 6.45) is 0. The molecule has 0 atom stereocenters. The molecule has 1 fully saturated rings. The molecule has 1 aromatic carbocycles. The summed E-state index contributed by atoms with van der Waals surface area (Å²) in [5.74, 6) is 4.19. The normalized spacial score (nSPS) is 14.7. The molecule has 2 N–H and O–H groups in total. The van der Waals surface area contributed by atoms with Crippen LogP contribution in [-0.2, 0) is 5.75 Å². The molecule has 8 nitrogen and oxygen atoms in total. The number of likely N-dealkylation sites (N-methyl/N-ethyl adjacent to an activating group) is 1. The van der Waals surface area contributed by atoms with Crippen LogP contribution in [0.15, 0.2) is 41.6 Å². The summed E-state index contributed by atoms with van der Waals surface area (Å²) in [7, 11) is 3.83. The van der Waals surface area contributed by atoms with Crippen LogP contribution in [0.25, 0.3) is 0 Å². The van der Waals surface area contributed by atoms with Crippen LogP contribution in [0.4, 0.5) is 17.5 Å². The SMILES string of the molecule is COc1ccc(CSc2nc(Nc3cc(C)n[nH]3)cc(N3CCN(C)CC3)n2)cc1. The highest BCUT2D eigenvalue weighted by molar-refractivity contribution is 7.98. The summed E-state index contributed by atoms with van der Waals surface area (Å²) in [5.41, 5.74) is 2.13. The molecule has 0 radical (unpaired) electrons. The number of H-pyrrole nitrogens is 1. The van der Waals surface area contributed by atoms with Crippen LogP contribution in [-0.4, -0.2) is 65.4 Å². The lowest BCUT2D eigenvalue weighted by Crippen LogP contribution is -2.44. The zero-order valence-corrected chi connectivity index (χ0v) is 18.4. The number of benzene rings is 1. The van der Waals surface area contributed by atoms with Crippen molar-refractivity contribution in [1.82, 2.24) is 25.1 Å². The number of hydrogen-bond donors (Lipinski definition) is 2. The van der Waals surface area contributed by atoms with Gasteiger partial charge in [-0.1, -0.05) is 23.9 Å². The zero-order valence-electron chi connectivity index (χ0n) is 17.6. The molecule has 0 aliphatic carbocycles. The highest BCUT2D eigenvalue weighted by Crippen LogP contribution is 2.27. The van der Waals surface area contributed by atoms with Crippen LogP contribution < -0.4 is 15.0 Å². The minimum absolute atomic E-state index is 0.751. The molecule has 1 saturated heterocycles. The molecule has 0 amide bonds. The van der Waals surface area contributed by atoms with Crippen LogP contribution >= 0.6 is 11.8 Å². The number of rotatable bonds is 7. The fraction of sp³-hybridized carbons (Fsp3) is 0.381. The third-order valence-electron chi connectivity index (χ3n) is 5.02. The maximum Gasteiger partial charge on any atom is 0.191 e. The number of aromatic amines is 1. The molecule has 4 rings (SSSR count). The lowest BCUT2D eigenvalue weighted by molar-refractivity contribution is 0.312. The molecule has 2 aromatic heterocycles. The van der Waals surface area contributed by atoms with Crippen molar-refractivity contribution in [2.75, 3.05) is 50.6 Å². The first-order valence-corrected chi connectivity index (χ1v) is 10.9. The first-order chi connectivity index (χ1) is 14.6. The second kappa shape index (κ2) is 9.36. The van der Waals surface area contributed by atoms with Crippen LogP contribution in [0.1, 0.15) is 11.3 Å². The molecule has 3 heterocycles.